The molecule has 2 aromatic rings. The summed E-state index contributed by atoms with van der Waals surface area (Å²) in [6, 6.07) is 20.1. The molecule has 2 aromatic carbocycles. The van der Waals surface area contributed by atoms with Gasteiger partial charge in [0.25, 0.3) is 0 Å². The molecule has 1 aliphatic carbocycles. The highest BCUT2D eigenvalue weighted by Crippen LogP contribution is 2.33. The third-order valence-corrected chi connectivity index (χ3v) is 4.74. The number of nitrogens with one attached hydrogen (secondary N) is 1. The van der Waals surface area contributed by atoms with E-state index in [0.29, 0.717) is 6.04 Å². The van der Waals surface area contributed by atoms with Crippen LogP contribution in [0.25, 0.3) is 0 Å². The molecule has 1 nitrogen and oxygen atoms in total. The van der Waals surface area contributed by atoms with Gasteiger partial charge in [-0.3, -0.25) is 0 Å². The molecule has 1 N–H and O–H groups in total. The molecule has 0 atom stereocenters. The Morgan fingerprint density at radius 1 is 0.800 bits per heavy atom. The lowest BCUT2D eigenvalue weighted by Gasteiger charge is -2.30. The molecular formula is C18H20BrN. The van der Waals surface area contributed by atoms with Gasteiger partial charge in [-0.05, 0) is 61.4 Å². The first-order chi connectivity index (χ1) is 9.81. The Morgan fingerprint density at radius 3 is 2.10 bits per heavy atom. The molecule has 0 amide bonds. The summed E-state index contributed by atoms with van der Waals surface area (Å²) in [5.41, 5.74) is 2.74. The molecule has 1 fully saturated rings. The number of benzene rings is 2. The van der Waals surface area contributed by atoms with Crippen LogP contribution in [0.1, 0.15) is 37.2 Å². The molecular weight excluding hydrogens is 310 g/mol. The lowest BCUT2D eigenvalue weighted by atomic mass is 9.82. The average molecular weight is 330 g/mol. The Labute approximate surface area is 129 Å². The van der Waals surface area contributed by atoms with Gasteiger partial charge in [-0.15, -0.1) is 0 Å². The second-order valence-corrected chi connectivity index (χ2v) is 6.53. The van der Waals surface area contributed by atoms with Crippen LogP contribution in [0.15, 0.2) is 59.1 Å². The van der Waals surface area contributed by atoms with E-state index in [9.17, 15) is 0 Å². The highest BCUT2D eigenvalue weighted by Gasteiger charge is 2.21. The lowest BCUT2D eigenvalue weighted by Crippen LogP contribution is -2.25. The zero-order valence-corrected chi connectivity index (χ0v) is 13.1. The lowest BCUT2D eigenvalue weighted by molar-refractivity contribution is 0.412. The van der Waals surface area contributed by atoms with Crippen molar-refractivity contribution in [2.24, 2.45) is 0 Å². The van der Waals surface area contributed by atoms with Crippen molar-refractivity contribution in [3.63, 3.8) is 0 Å². The molecule has 2 heteroatoms. The first-order valence-corrected chi connectivity index (χ1v) is 8.17. The molecule has 1 aliphatic rings. The molecule has 0 bridgehead atoms. The molecule has 0 aromatic heterocycles. The number of rotatable bonds is 3. The Kier molecular flexibility index (Phi) is 4.41. The van der Waals surface area contributed by atoms with Crippen molar-refractivity contribution in [2.45, 2.75) is 37.6 Å². The van der Waals surface area contributed by atoms with Crippen LogP contribution in [0.2, 0.25) is 0 Å². The fourth-order valence-electron chi connectivity index (χ4n) is 3.08. The van der Waals surface area contributed by atoms with Gasteiger partial charge < -0.3 is 5.32 Å². The maximum Gasteiger partial charge on any atom is 0.0343 e. The van der Waals surface area contributed by atoms with Crippen LogP contribution < -0.4 is 5.32 Å². The summed E-state index contributed by atoms with van der Waals surface area (Å²) in [7, 11) is 0. The minimum atomic E-state index is 0.621. The summed E-state index contributed by atoms with van der Waals surface area (Å²) in [6.07, 6.45) is 5.10. The molecule has 0 saturated heterocycles. The van der Waals surface area contributed by atoms with Crippen molar-refractivity contribution in [1.29, 1.82) is 0 Å². The van der Waals surface area contributed by atoms with Crippen LogP contribution in [0.5, 0.6) is 0 Å². The van der Waals surface area contributed by atoms with Crippen LogP contribution in [-0.4, -0.2) is 6.04 Å². The number of hydrogen-bond acceptors (Lipinski definition) is 1. The molecule has 0 spiro atoms. The molecule has 0 radical (unpaired) electrons. The highest BCUT2D eigenvalue weighted by molar-refractivity contribution is 9.10. The van der Waals surface area contributed by atoms with E-state index < -0.39 is 0 Å². The minimum absolute atomic E-state index is 0.621. The second-order valence-electron chi connectivity index (χ2n) is 5.61. The SMILES string of the molecule is Brc1ccc(NC2CCC(c3ccccc3)CC2)cc1. The van der Waals surface area contributed by atoms with Gasteiger partial charge in [0.15, 0.2) is 0 Å². The van der Waals surface area contributed by atoms with Gasteiger partial charge in [0, 0.05) is 16.2 Å². The normalized spacial score (nSPS) is 22.4. The molecule has 3 rings (SSSR count). The molecule has 0 heterocycles. The molecule has 1 saturated carbocycles. The Hall–Kier alpha value is -1.28. The van der Waals surface area contributed by atoms with Gasteiger partial charge in [0.2, 0.25) is 0 Å². The van der Waals surface area contributed by atoms with Crippen LogP contribution in [0.4, 0.5) is 5.69 Å². The summed E-state index contributed by atoms with van der Waals surface area (Å²) in [4.78, 5) is 0. The van der Waals surface area contributed by atoms with Crippen molar-refractivity contribution in [3.05, 3.63) is 64.6 Å². The fraction of sp³-hybridized carbons (Fsp3) is 0.333. The van der Waals surface area contributed by atoms with E-state index in [1.807, 2.05) is 0 Å². The van der Waals surface area contributed by atoms with E-state index in [1.165, 1.54) is 36.9 Å². The molecule has 20 heavy (non-hydrogen) atoms. The number of anilines is 1. The van der Waals surface area contributed by atoms with E-state index in [4.69, 9.17) is 0 Å². The van der Waals surface area contributed by atoms with Crippen molar-refractivity contribution in [1.82, 2.24) is 0 Å². The topological polar surface area (TPSA) is 12.0 Å². The largest absolute Gasteiger partial charge is 0.382 e. The maximum absolute atomic E-state index is 3.66. The van der Waals surface area contributed by atoms with E-state index >= 15 is 0 Å². The third kappa shape index (κ3) is 3.43. The summed E-state index contributed by atoms with van der Waals surface area (Å²) in [5.74, 6) is 0.749. The first-order valence-electron chi connectivity index (χ1n) is 7.38. The number of hydrogen-bond donors (Lipinski definition) is 1. The van der Waals surface area contributed by atoms with Crippen LogP contribution in [0, 0.1) is 0 Å². The van der Waals surface area contributed by atoms with Gasteiger partial charge in [-0.1, -0.05) is 46.3 Å². The standard InChI is InChI=1S/C18H20BrN/c19-16-8-12-18(13-9-16)20-17-10-6-15(7-11-17)14-4-2-1-3-5-14/h1-5,8-9,12-13,15,17,20H,6-7,10-11H2. The van der Waals surface area contributed by atoms with Crippen molar-refractivity contribution in [2.75, 3.05) is 5.32 Å². The van der Waals surface area contributed by atoms with Gasteiger partial charge >= 0.3 is 0 Å². The molecule has 0 unspecified atom stereocenters. The monoisotopic (exact) mass is 329 g/mol. The summed E-state index contributed by atoms with van der Waals surface area (Å²) >= 11 is 3.48. The Bertz CT molecular complexity index is 527. The summed E-state index contributed by atoms with van der Waals surface area (Å²) < 4.78 is 1.14. The van der Waals surface area contributed by atoms with Gasteiger partial charge in [0.05, 0.1) is 0 Å². The van der Waals surface area contributed by atoms with Crippen molar-refractivity contribution >= 4 is 21.6 Å². The smallest absolute Gasteiger partial charge is 0.0343 e. The van der Waals surface area contributed by atoms with Crippen molar-refractivity contribution < 1.29 is 0 Å². The maximum atomic E-state index is 3.66. The fourth-order valence-corrected chi connectivity index (χ4v) is 3.34. The average Bonchev–Trinajstić information content (AvgIpc) is 2.51. The van der Waals surface area contributed by atoms with Gasteiger partial charge in [-0.2, -0.15) is 0 Å². The van der Waals surface area contributed by atoms with E-state index in [0.717, 1.165) is 10.4 Å². The van der Waals surface area contributed by atoms with E-state index in [-0.39, 0.29) is 0 Å². The van der Waals surface area contributed by atoms with Crippen LogP contribution >= 0.6 is 15.9 Å². The second kappa shape index (κ2) is 6.45. The summed E-state index contributed by atoms with van der Waals surface area (Å²) in [6.45, 7) is 0. The Balaban J connectivity index is 1.55. The van der Waals surface area contributed by atoms with E-state index in [1.54, 1.807) is 0 Å². The zero-order valence-electron chi connectivity index (χ0n) is 11.6. The highest BCUT2D eigenvalue weighted by atomic mass is 79.9. The van der Waals surface area contributed by atoms with Gasteiger partial charge in [-0.25, -0.2) is 0 Å². The first kappa shape index (κ1) is 13.7. The van der Waals surface area contributed by atoms with Crippen molar-refractivity contribution in [3.8, 4) is 0 Å². The quantitative estimate of drug-likeness (QED) is 0.774. The van der Waals surface area contributed by atoms with Crippen LogP contribution in [0.3, 0.4) is 0 Å². The third-order valence-electron chi connectivity index (χ3n) is 4.21. The van der Waals surface area contributed by atoms with Gasteiger partial charge in [0.1, 0.15) is 0 Å². The molecule has 0 aliphatic heterocycles. The Morgan fingerprint density at radius 2 is 1.45 bits per heavy atom. The zero-order chi connectivity index (χ0) is 13.8. The molecule has 104 valence electrons. The minimum Gasteiger partial charge on any atom is -0.382 e. The predicted molar refractivity (Wildman–Crippen MR) is 89.2 cm³/mol. The summed E-state index contributed by atoms with van der Waals surface area (Å²) in [5, 5.41) is 3.66. The van der Waals surface area contributed by atoms with Crippen LogP contribution in [-0.2, 0) is 0 Å². The predicted octanol–water partition coefficient (Wildman–Crippen LogP) is 5.59. The van der Waals surface area contributed by atoms with E-state index in [2.05, 4.69) is 75.8 Å². The number of halogens is 1.